The number of hydrogen-bond acceptors (Lipinski definition) is 6. The van der Waals surface area contributed by atoms with Crippen LogP contribution in [-0.2, 0) is 19.9 Å². The zero-order valence-electron chi connectivity index (χ0n) is 16.5. The van der Waals surface area contributed by atoms with Crippen molar-refractivity contribution in [3.05, 3.63) is 54.1 Å². The number of ether oxygens (including phenoxy) is 1. The van der Waals surface area contributed by atoms with Gasteiger partial charge >= 0.3 is 0 Å². The van der Waals surface area contributed by atoms with Crippen LogP contribution in [0.1, 0.15) is 12.5 Å². The summed E-state index contributed by atoms with van der Waals surface area (Å²) in [7, 11) is 1.53. The van der Waals surface area contributed by atoms with Crippen molar-refractivity contribution in [2.75, 3.05) is 17.3 Å². The van der Waals surface area contributed by atoms with E-state index in [0.29, 0.717) is 22.7 Å². The summed E-state index contributed by atoms with van der Waals surface area (Å²) in [6, 6.07) is 13.0. The highest BCUT2D eigenvalue weighted by Gasteiger charge is 2.71. The molecule has 0 saturated carbocycles. The van der Waals surface area contributed by atoms with Crippen LogP contribution in [-0.4, -0.2) is 42.1 Å². The second kappa shape index (κ2) is 6.38. The minimum absolute atomic E-state index is 0.389. The van der Waals surface area contributed by atoms with E-state index in [0.717, 1.165) is 4.90 Å². The smallest absolute Gasteiger partial charge is 0.250 e. The lowest BCUT2D eigenvalue weighted by Gasteiger charge is -2.30. The van der Waals surface area contributed by atoms with E-state index >= 15 is 0 Å². The molecule has 5 unspecified atom stereocenters. The summed E-state index contributed by atoms with van der Waals surface area (Å²) >= 11 is 0. The van der Waals surface area contributed by atoms with Gasteiger partial charge in [0, 0.05) is 17.3 Å². The van der Waals surface area contributed by atoms with E-state index < -0.39 is 41.3 Å². The first-order valence-corrected chi connectivity index (χ1v) is 9.78. The summed E-state index contributed by atoms with van der Waals surface area (Å²) in [5.74, 6) is -2.51. The van der Waals surface area contributed by atoms with E-state index in [4.69, 9.17) is 4.74 Å². The van der Waals surface area contributed by atoms with Gasteiger partial charge in [0.15, 0.2) is 0 Å². The van der Waals surface area contributed by atoms with E-state index in [1.807, 2.05) is 0 Å². The standard InChI is InChI=1S/C22H21N3O5/c1-11(26)18-16-17(22(24-18)14-5-3-4-6-15(14)23-21(22)29)20(28)25(19(16)27)12-7-9-13(30-2)10-8-12/h3-11,16-18,24,26H,1-2H3,(H,23,29). The number of benzene rings is 2. The molecule has 2 fully saturated rings. The topological polar surface area (TPSA) is 108 Å². The SMILES string of the molecule is COc1ccc(N2C(=O)C3C(C(C)O)NC4(C(=O)Nc5ccccc54)C3C2=O)cc1. The minimum Gasteiger partial charge on any atom is -0.497 e. The summed E-state index contributed by atoms with van der Waals surface area (Å²) in [6.07, 6.45) is -0.940. The second-order valence-electron chi connectivity index (χ2n) is 7.93. The summed E-state index contributed by atoms with van der Waals surface area (Å²) < 4.78 is 5.15. The molecule has 3 heterocycles. The first kappa shape index (κ1) is 18.8. The molecule has 154 valence electrons. The number of rotatable bonds is 3. The van der Waals surface area contributed by atoms with Crippen molar-refractivity contribution in [3.8, 4) is 5.75 Å². The predicted octanol–water partition coefficient (Wildman–Crippen LogP) is 1.00. The molecule has 30 heavy (non-hydrogen) atoms. The van der Waals surface area contributed by atoms with Crippen LogP contribution in [0.4, 0.5) is 11.4 Å². The van der Waals surface area contributed by atoms with Gasteiger partial charge < -0.3 is 15.2 Å². The van der Waals surface area contributed by atoms with Crippen molar-refractivity contribution >= 4 is 29.1 Å². The highest BCUT2D eigenvalue weighted by Crippen LogP contribution is 2.53. The van der Waals surface area contributed by atoms with Gasteiger partial charge in [-0.05, 0) is 37.3 Å². The summed E-state index contributed by atoms with van der Waals surface area (Å²) in [6.45, 7) is 1.56. The Morgan fingerprint density at radius 3 is 2.43 bits per heavy atom. The third kappa shape index (κ3) is 2.26. The number of imide groups is 1. The monoisotopic (exact) mass is 407 g/mol. The van der Waals surface area contributed by atoms with E-state index in [1.165, 1.54) is 7.11 Å². The van der Waals surface area contributed by atoms with Crippen molar-refractivity contribution in [1.82, 2.24) is 5.32 Å². The molecule has 0 bridgehead atoms. The van der Waals surface area contributed by atoms with Crippen LogP contribution >= 0.6 is 0 Å². The number of amides is 3. The zero-order chi connectivity index (χ0) is 21.2. The van der Waals surface area contributed by atoms with E-state index in [-0.39, 0.29) is 5.91 Å². The number of nitrogens with one attached hydrogen (secondary N) is 2. The molecule has 0 aliphatic carbocycles. The first-order valence-electron chi connectivity index (χ1n) is 9.78. The molecule has 2 aromatic rings. The van der Waals surface area contributed by atoms with Crippen molar-refractivity contribution in [3.63, 3.8) is 0 Å². The molecule has 5 rings (SSSR count). The molecule has 0 aromatic heterocycles. The number of hydrogen-bond donors (Lipinski definition) is 3. The van der Waals surface area contributed by atoms with Crippen molar-refractivity contribution in [2.45, 2.75) is 24.6 Å². The van der Waals surface area contributed by atoms with Gasteiger partial charge in [-0.25, -0.2) is 4.90 Å². The van der Waals surface area contributed by atoms with Gasteiger partial charge in [0.1, 0.15) is 11.3 Å². The molecule has 3 N–H and O–H groups in total. The van der Waals surface area contributed by atoms with Gasteiger partial charge in [0.25, 0.3) is 0 Å². The molecule has 2 aromatic carbocycles. The summed E-state index contributed by atoms with van der Waals surface area (Å²) in [5, 5.41) is 16.4. The van der Waals surface area contributed by atoms with Crippen LogP contribution in [0.15, 0.2) is 48.5 Å². The fourth-order valence-corrected chi connectivity index (χ4v) is 5.09. The molecule has 0 radical (unpaired) electrons. The number of anilines is 2. The largest absolute Gasteiger partial charge is 0.497 e. The number of nitrogens with zero attached hydrogens (tertiary/aromatic N) is 1. The number of aliphatic hydroxyl groups excluding tert-OH is 1. The zero-order valence-corrected chi connectivity index (χ0v) is 16.5. The number of carbonyl (C=O) groups is 3. The Bertz CT molecular complexity index is 1070. The summed E-state index contributed by atoms with van der Waals surface area (Å²) in [4.78, 5) is 41.3. The normalized spacial score (nSPS) is 30.4. The Balaban J connectivity index is 1.65. The van der Waals surface area contributed by atoms with Crippen LogP contribution in [0.3, 0.4) is 0 Å². The first-order chi connectivity index (χ1) is 14.4. The van der Waals surface area contributed by atoms with Gasteiger partial charge in [0.05, 0.1) is 30.7 Å². The Morgan fingerprint density at radius 2 is 1.77 bits per heavy atom. The number of para-hydroxylation sites is 1. The third-order valence-electron chi connectivity index (χ3n) is 6.41. The van der Waals surface area contributed by atoms with Crippen LogP contribution in [0.2, 0.25) is 0 Å². The molecular weight excluding hydrogens is 386 g/mol. The molecule has 3 aliphatic rings. The van der Waals surface area contributed by atoms with E-state index in [2.05, 4.69) is 10.6 Å². The average molecular weight is 407 g/mol. The lowest BCUT2D eigenvalue weighted by Crippen LogP contribution is -2.54. The number of carbonyl (C=O) groups excluding carboxylic acids is 3. The van der Waals surface area contributed by atoms with Crippen LogP contribution in [0.25, 0.3) is 0 Å². The lowest BCUT2D eigenvalue weighted by atomic mass is 9.76. The van der Waals surface area contributed by atoms with Gasteiger partial charge in [-0.15, -0.1) is 0 Å². The number of fused-ring (bicyclic) bond motifs is 4. The highest BCUT2D eigenvalue weighted by atomic mass is 16.5. The average Bonchev–Trinajstić information content (AvgIpc) is 3.33. The Hall–Kier alpha value is -3.23. The maximum absolute atomic E-state index is 13.6. The van der Waals surface area contributed by atoms with Crippen molar-refractivity contribution in [1.29, 1.82) is 0 Å². The van der Waals surface area contributed by atoms with E-state index in [1.54, 1.807) is 55.5 Å². The van der Waals surface area contributed by atoms with Crippen LogP contribution in [0.5, 0.6) is 5.75 Å². The van der Waals surface area contributed by atoms with Crippen molar-refractivity contribution < 1.29 is 24.2 Å². The maximum atomic E-state index is 13.6. The fourth-order valence-electron chi connectivity index (χ4n) is 5.09. The molecule has 1 spiro atoms. The number of methoxy groups -OCH3 is 1. The predicted molar refractivity (Wildman–Crippen MR) is 108 cm³/mol. The van der Waals surface area contributed by atoms with Gasteiger partial charge in [-0.1, -0.05) is 18.2 Å². The second-order valence-corrected chi connectivity index (χ2v) is 7.93. The number of aliphatic hydroxyl groups is 1. The molecule has 5 atom stereocenters. The third-order valence-corrected chi connectivity index (χ3v) is 6.41. The lowest BCUT2D eigenvalue weighted by molar-refractivity contribution is -0.130. The highest BCUT2D eigenvalue weighted by molar-refractivity contribution is 6.25. The van der Waals surface area contributed by atoms with Gasteiger partial charge in [-0.3, -0.25) is 19.7 Å². The van der Waals surface area contributed by atoms with Gasteiger partial charge in [0.2, 0.25) is 17.7 Å². The molecule has 3 aliphatic heterocycles. The van der Waals surface area contributed by atoms with Gasteiger partial charge in [-0.2, -0.15) is 0 Å². The Kier molecular flexibility index (Phi) is 4.00. The maximum Gasteiger partial charge on any atom is 0.250 e. The molecule has 8 nitrogen and oxygen atoms in total. The summed E-state index contributed by atoms with van der Waals surface area (Å²) in [5.41, 5.74) is 0.220. The quantitative estimate of drug-likeness (QED) is 0.656. The molecule has 3 amide bonds. The minimum atomic E-state index is -1.41. The Morgan fingerprint density at radius 1 is 1.07 bits per heavy atom. The fraction of sp³-hybridized carbons (Fsp3) is 0.318. The molecule has 2 saturated heterocycles. The van der Waals surface area contributed by atoms with E-state index in [9.17, 15) is 19.5 Å². The van der Waals surface area contributed by atoms with Crippen molar-refractivity contribution in [2.24, 2.45) is 11.8 Å². The Labute approximate surface area is 172 Å². The van der Waals surface area contributed by atoms with Crippen LogP contribution < -0.4 is 20.3 Å². The molecule has 8 heteroatoms. The van der Waals surface area contributed by atoms with Crippen LogP contribution in [0, 0.1) is 11.8 Å². The molecular formula is C22H21N3O5.